The standard InChI is InChI=1S/C12H22N2O4/c1-3-18-12(17)9-14-11(16)7-5-4-6-8-13-10(2)15/h3-9H2,1-2H3,(H,13,15)(H,14,16). The molecule has 104 valence electrons. The molecular weight excluding hydrogens is 236 g/mol. The second-order valence-electron chi connectivity index (χ2n) is 3.88. The SMILES string of the molecule is CCOC(=O)CNC(=O)CCCCCNC(C)=O. The third-order valence-corrected chi connectivity index (χ3v) is 2.19. The minimum Gasteiger partial charge on any atom is -0.465 e. The number of carbonyl (C=O) groups is 3. The molecule has 18 heavy (non-hydrogen) atoms. The van der Waals surface area contributed by atoms with Gasteiger partial charge in [0.2, 0.25) is 11.8 Å². The molecule has 0 saturated heterocycles. The average molecular weight is 258 g/mol. The summed E-state index contributed by atoms with van der Waals surface area (Å²) in [4.78, 5) is 32.8. The lowest BCUT2D eigenvalue weighted by Crippen LogP contribution is -2.30. The average Bonchev–Trinajstić information content (AvgIpc) is 2.31. The van der Waals surface area contributed by atoms with E-state index in [4.69, 9.17) is 0 Å². The molecular formula is C12H22N2O4. The molecule has 0 aromatic carbocycles. The Hall–Kier alpha value is -1.59. The number of hydrogen-bond donors (Lipinski definition) is 2. The van der Waals surface area contributed by atoms with Crippen molar-refractivity contribution in [3.8, 4) is 0 Å². The van der Waals surface area contributed by atoms with E-state index < -0.39 is 5.97 Å². The topological polar surface area (TPSA) is 84.5 Å². The molecule has 0 aromatic rings. The van der Waals surface area contributed by atoms with E-state index in [9.17, 15) is 14.4 Å². The lowest BCUT2D eigenvalue weighted by Gasteiger charge is -2.05. The molecule has 0 heterocycles. The third-order valence-electron chi connectivity index (χ3n) is 2.19. The maximum atomic E-state index is 11.3. The normalized spacial score (nSPS) is 9.67. The Balaban J connectivity index is 3.37. The molecule has 0 atom stereocenters. The zero-order chi connectivity index (χ0) is 13.8. The van der Waals surface area contributed by atoms with Crippen LogP contribution in [0.1, 0.15) is 39.5 Å². The van der Waals surface area contributed by atoms with Gasteiger partial charge >= 0.3 is 5.97 Å². The Kier molecular flexibility index (Phi) is 9.62. The van der Waals surface area contributed by atoms with Gasteiger partial charge in [0, 0.05) is 19.9 Å². The Bertz CT molecular complexity index is 279. The van der Waals surface area contributed by atoms with Gasteiger partial charge in [-0.1, -0.05) is 6.42 Å². The summed E-state index contributed by atoms with van der Waals surface area (Å²) in [5.41, 5.74) is 0. The highest BCUT2D eigenvalue weighted by Gasteiger charge is 2.05. The molecule has 0 fully saturated rings. The van der Waals surface area contributed by atoms with Gasteiger partial charge in [0.15, 0.2) is 0 Å². The van der Waals surface area contributed by atoms with Gasteiger partial charge in [-0.25, -0.2) is 0 Å². The molecule has 2 amide bonds. The number of rotatable bonds is 9. The smallest absolute Gasteiger partial charge is 0.325 e. The maximum absolute atomic E-state index is 11.3. The van der Waals surface area contributed by atoms with Crippen molar-refractivity contribution in [2.45, 2.75) is 39.5 Å². The van der Waals surface area contributed by atoms with Crippen LogP contribution in [0, 0.1) is 0 Å². The zero-order valence-electron chi connectivity index (χ0n) is 11.1. The van der Waals surface area contributed by atoms with Crippen molar-refractivity contribution in [2.24, 2.45) is 0 Å². The monoisotopic (exact) mass is 258 g/mol. The van der Waals surface area contributed by atoms with Crippen molar-refractivity contribution in [3.63, 3.8) is 0 Å². The number of hydrogen-bond acceptors (Lipinski definition) is 4. The van der Waals surface area contributed by atoms with Gasteiger partial charge in [-0.2, -0.15) is 0 Å². The van der Waals surface area contributed by atoms with Gasteiger partial charge in [-0.05, 0) is 19.8 Å². The molecule has 0 aliphatic heterocycles. The summed E-state index contributed by atoms with van der Waals surface area (Å²) < 4.78 is 4.68. The first-order valence-electron chi connectivity index (χ1n) is 6.23. The molecule has 0 unspecified atom stereocenters. The van der Waals surface area contributed by atoms with Crippen molar-refractivity contribution in [1.82, 2.24) is 10.6 Å². The van der Waals surface area contributed by atoms with Gasteiger partial charge in [0.05, 0.1) is 6.61 Å². The third kappa shape index (κ3) is 10.9. The quantitative estimate of drug-likeness (QED) is 0.462. The number of ether oxygens (including phenoxy) is 1. The number of carbonyl (C=O) groups excluding carboxylic acids is 3. The van der Waals surface area contributed by atoms with Gasteiger partial charge in [-0.3, -0.25) is 14.4 Å². The fourth-order valence-electron chi connectivity index (χ4n) is 1.32. The second-order valence-corrected chi connectivity index (χ2v) is 3.88. The Labute approximate surface area is 107 Å². The van der Waals surface area contributed by atoms with Crippen LogP contribution < -0.4 is 10.6 Å². The molecule has 0 spiro atoms. The summed E-state index contributed by atoms with van der Waals surface area (Å²) in [5.74, 6) is -0.610. The first-order chi connectivity index (χ1) is 8.56. The highest BCUT2D eigenvalue weighted by Crippen LogP contribution is 1.98. The van der Waals surface area contributed by atoms with Crippen LogP contribution in [0.25, 0.3) is 0 Å². The van der Waals surface area contributed by atoms with Gasteiger partial charge < -0.3 is 15.4 Å². The number of esters is 1. The van der Waals surface area contributed by atoms with E-state index in [0.717, 1.165) is 19.3 Å². The summed E-state index contributed by atoms with van der Waals surface area (Å²) in [6.07, 6.45) is 2.85. The number of unbranched alkanes of at least 4 members (excludes halogenated alkanes) is 2. The number of amides is 2. The van der Waals surface area contributed by atoms with Crippen LogP contribution in [0.15, 0.2) is 0 Å². The Morgan fingerprint density at radius 3 is 2.39 bits per heavy atom. The lowest BCUT2D eigenvalue weighted by molar-refractivity contribution is -0.143. The van der Waals surface area contributed by atoms with E-state index in [1.165, 1.54) is 6.92 Å². The van der Waals surface area contributed by atoms with Gasteiger partial charge in [0.25, 0.3) is 0 Å². The highest BCUT2D eigenvalue weighted by atomic mass is 16.5. The van der Waals surface area contributed by atoms with Crippen LogP contribution in [-0.2, 0) is 19.1 Å². The molecule has 0 aliphatic carbocycles. The van der Waals surface area contributed by atoms with E-state index in [1.54, 1.807) is 6.92 Å². The van der Waals surface area contributed by atoms with Crippen molar-refractivity contribution in [2.75, 3.05) is 19.7 Å². The Morgan fingerprint density at radius 2 is 1.78 bits per heavy atom. The molecule has 6 heteroatoms. The van der Waals surface area contributed by atoms with Crippen molar-refractivity contribution >= 4 is 17.8 Å². The van der Waals surface area contributed by atoms with Gasteiger partial charge in [0.1, 0.15) is 6.54 Å². The van der Waals surface area contributed by atoms with Crippen LogP contribution in [0.2, 0.25) is 0 Å². The van der Waals surface area contributed by atoms with Crippen LogP contribution in [0.5, 0.6) is 0 Å². The lowest BCUT2D eigenvalue weighted by atomic mass is 10.2. The molecule has 0 aromatic heterocycles. The van der Waals surface area contributed by atoms with Crippen LogP contribution in [0.3, 0.4) is 0 Å². The first kappa shape index (κ1) is 16.4. The van der Waals surface area contributed by atoms with Crippen molar-refractivity contribution < 1.29 is 19.1 Å². The molecule has 0 saturated carbocycles. The highest BCUT2D eigenvalue weighted by molar-refractivity contribution is 5.81. The second kappa shape index (κ2) is 10.6. The van der Waals surface area contributed by atoms with E-state index in [0.29, 0.717) is 19.6 Å². The fourth-order valence-corrected chi connectivity index (χ4v) is 1.32. The zero-order valence-corrected chi connectivity index (χ0v) is 11.1. The van der Waals surface area contributed by atoms with Crippen molar-refractivity contribution in [3.05, 3.63) is 0 Å². The van der Waals surface area contributed by atoms with Crippen LogP contribution in [-0.4, -0.2) is 37.5 Å². The summed E-state index contributed by atoms with van der Waals surface area (Å²) in [6.45, 7) is 4.08. The van der Waals surface area contributed by atoms with Gasteiger partial charge in [-0.15, -0.1) is 0 Å². The predicted molar refractivity (Wildman–Crippen MR) is 66.8 cm³/mol. The molecule has 0 rings (SSSR count). The summed E-state index contributed by atoms with van der Waals surface area (Å²) in [6, 6.07) is 0. The largest absolute Gasteiger partial charge is 0.465 e. The first-order valence-corrected chi connectivity index (χ1v) is 6.23. The summed E-state index contributed by atoms with van der Waals surface area (Å²) >= 11 is 0. The summed E-state index contributed by atoms with van der Waals surface area (Å²) in [5, 5.41) is 5.18. The van der Waals surface area contributed by atoms with E-state index in [2.05, 4.69) is 15.4 Å². The maximum Gasteiger partial charge on any atom is 0.325 e. The van der Waals surface area contributed by atoms with Crippen molar-refractivity contribution in [1.29, 1.82) is 0 Å². The van der Waals surface area contributed by atoms with E-state index in [1.807, 2.05) is 0 Å². The summed E-state index contributed by atoms with van der Waals surface area (Å²) in [7, 11) is 0. The van der Waals surface area contributed by atoms with E-state index in [-0.39, 0.29) is 18.4 Å². The van der Waals surface area contributed by atoms with Crippen LogP contribution in [0.4, 0.5) is 0 Å². The van der Waals surface area contributed by atoms with E-state index >= 15 is 0 Å². The predicted octanol–water partition coefficient (Wildman–Crippen LogP) is 0.362. The minimum atomic E-state index is -0.420. The molecule has 6 nitrogen and oxygen atoms in total. The minimum absolute atomic E-state index is 0.0396. The molecule has 0 aliphatic rings. The Morgan fingerprint density at radius 1 is 1.06 bits per heavy atom. The number of nitrogens with one attached hydrogen (secondary N) is 2. The molecule has 2 N–H and O–H groups in total. The molecule has 0 radical (unpaired) electrons. The van der Waals surface area contributed by atoms with Crippen LogP contribution >= 0.6 is 0 Å². The fraction of sp³-hybridized carbons (Fsp3) is 0.750. The molecule has 0 bridgehead atoms.